The molecule has 0 aromatic rings. The Balaban J connectivity index is 1.87. The van der Waals surface area contributed by atoms with E-state index in [0.29, 0.717) is 32.6 Å². The van der Waals surface area contributed by atoms with Crippen molar-refractivity contribution < 1.29 is 19.1 Å². The van der Waals surface area contributed by atoms with Gasteiger partial charge in [0.1, 0.15) is 5.54 Å². The third-order valence-corrected chi connectivity index (χ3v) is 3.66. The van der Waals surface area contributed by atoms with Crippen LogP contribution in [0.1, 0.15) is 19.8 Å². The molecule has 1 N–H and O–H groups in total. The van der Waals surface area contributed by atoms with Crippen molar-refractivity contribution in [2.75, 3.05) is 19.8 Å². The summed E-state index contributed by atoms with van der Waals surface area (Å²) in [6, 6.07) is -0.293. The van der Waals surface area contributed by atoms with Gasteiger partial charge < -0.3 is 14.4 Å². The van der Waals surface area contributed by atoms with Gasteiger partial charge in [-0.25, -0.2) is 4.79 Å². The number of hydrogen-bond donors (Lipinski definition) is 1. The van der Waals surface area contributed by atoms with Crippen LogP contribution in [0.25, 0.3) is 0 Å². The highest BCUT2D eigenvalue weighted by atomic mass is 16.6. The van der Waals surface area contributed by atoms with E-state index in [1.807, 2.05) is 6.92 Å². The number of amides is 3. The highest BCUT2D eigenvalue weighted by molar-refractivity contribution is 6.07. The third-order valence-electron chi connectivity index (χ3n) is 3.66. The summed E-state index contributed by atoms with van der Waals surface area (Å²) >= 11 is 0. The fourth-order valence-electron chi connectivity index (χ4n) is 2.66. The number of nitrogens with zero attached hydrogens (tertiary/aromatic N) is 1. The number of carbonyl (C=O) groups excluding carboxylic acids is 2. The van der Waals surface area contributed by atoms with E-state index in [2.05, 4.69) is 5.32 Å². The molecule has 3 fully saturated rings. The lowest BCUT2D eigenvalue weighted by Gasteiger charge is -2.33. The molecule has 94 valence electrons. The summed E-state index contributed by atoms with van der Waals surface area (Å²) in [4.78, 5) is 25.5. The largest absolute Gasteiger partial charge is 0.373 e. The zero-order valence-electron chi connectivity index (χ0n) is 9.77. The summed E-state index contributed by atoms with van der Waals surface area (Å²) in [6.45, 7) is 3.78. The topological polar surface area (TPSA) is 74.5 Å². The zero-order chi connectivity index (χ0) is 12.0. The van der Waals surface area contributed by atoms with E-state index in [9.17, 15) is 9.59 Å². The van der Waals surface area contributed by atoms with Crippen LogP contribution >= 0.6 is 0 Å². The van der Waals surface area contributed by atoms with Crippen molar-refractivity contribution in [3.8, 4) is 0 Å². The normalized spacial score (nSPS) is 39.5. The number of urea groups is 1. The van der Waals surface area contributed by atoms with Gasteiger partial charge in [0.05, 0.1) is 25.4 Å². The van der Waals surface area contributed by atoms with Crippen LogP contribution in [0.5, 0.6) is 0 Å². The minimum absolute atomic E-state index is 0.111. The predicted octanol–water partition coefficient (Wildman–Crippen LogP) is -0.125. The molecular formula is C11H16N2O4. The molecular weight excluding hydrogens is 224 g/mol. The van der Waals surface area contributed by atoms with Gasteiger partial charge in [0, 0.05) is 19.4 Å². The van der Waals surface area contributed by atoms with Gasteiger partial charge in [-0.15, -0.1) is 0 Å². The van der Waals surface area contributed by atoms with Crippen molar-refractivity contribution in [3.05, 3.63) is 0 Å². The molecule has 3 rings (SSSR count). The van der Waals surface area contributed by atoms with Crippen molar-refractivity contribution in [1.82, 2.24) is 10.2 Å². The summed E-state index contributed by atoms with van der Waals surface area (Å²) in [7, 11) is 0. The Bertz CT molecular complexity index is 348. The van der Waals surface area contributed by atoms with Crippen LogP contribution in [0.4, 0.5) is 4.79 Å². The summed E-state index contributed by atoms with van der Waals surface area (Å²) in [5, 5.41) is 2.41. The van der Waals surface area contributed by atoms with Crippen LogP contribution in [-0.2, 0) is 14.3 Å². The van der Waals surface area contributed by atoms with E-state index < -0.39 is 5.54 Å². The van der Waals surface area contributed by atoms with Crippen LogP contribution in [0.3, 0.4) is 0 Å². The van der Waals surface area contributed by atoms with Crippen molar-refractivity contribution in [2.24, 2.45) is 0 Å². The first kappa shape index (κ1) is 11.0. The first-order valence-electron chi connectivity index (χ1n) is 6.02. The maximum atomic E-state index is 12.1. The molecule has 0 spiro atoms. The van der Waals surface area contributed by atoms with E-state index in [-0.39, 0.29) is 24.1 Å². The lowest BCUT2D eigenvalue weighted by atomic mass is 9.86. The second-order valence-corrected chi connectivity index (χ2v) is 4.85. The number of imide groups is 1. The van der Waals surface area contributed by atoms with Crippen LogP contribution in [-0.4, -0.2) is 54.3 Å². The molecule has 3 aliphatic rings. The molecule has 0 aromatic heterocycles. The average molecular weight is 240 g/mol. The number of hydrogen-bond acceptors (Lipinski definition) is 4. The number of ether oxygens (including phenoxy) is 2. The fraction of sp³-hybridized carbons (Fsp3) is 0.818. The van der Waals surface area contributed by atoms with Crippen LogP contribution < -0.4 is 5.32 Å². The van der Waals surface area contributed by atoms with Gasteiger partial charge in [-0.1, -0.05) is 0 Å². The molecule has 0 saturated carbocycles. The minimum Gasteiger partial charge on any atom is -0.373 e. The monoisotopic (exact) mass is 240 g/mol. The van der Waals surface area contributed by atoms with Gasteiger partial charge >= 0.3 is 6.03 Å². The predicted molar refractivity (Wildman–Crippen MR) is 57.4 cm³/mol. The summed E-state index contributed by atoms with van der Waals surface area (Å²) in [5.74, 6) is -0.199. The first-order valence-corrected chi connectivity index (χ1v) is 6.02. The molecule has 3 saturated heterocycles. The molecule has 2 unspecified atom stereocenters. The Kier molecular flexibility index (Phi) is 2.38. The van der Waals surface area contributed by atoms with Crippen LogP contribution in [0.2, 0.25) is 0 Å². The molecule has 17 heavy (non-hydrogen) atoms. The SMILES string of the molecule is CCN1C(=O)NC(=O)C1(CC1CO1)CC1CO1. The summed E-state index contributed by atoms with van der Waals surface area (Å²) < 4.78 is 10.4. The number of epoxide rings is 2. The molecule has 0 radical (unpaired) electrons. The first-order chi connectivity index (χ1) is 8.15. The van der Waals surface area contributed by atoms with Crippen LogP contribution in [0, 0.1) is 0 Å². The Hall–Kier alpha value is -1.14. The molecule has 3 heterocycles. The van der Waals surface area contributed by atoms with Gasteiger partial charge in [-0.3, -0.25) is 10.1 Å². The van der Waals surface area contributed by atoms with Gasteiger partial charge in [-0.2, -0.15) is 0 Å². The van der Waals surface area contributed by atoms with Crippen molar-refractivity contribution in [2.45, 2.75) is 37.5 Å². The maximum absolute atomic E-state index is 12.1. The van der Waals surface area contributed by atoms with E-state index in [1.54, 1.807) is 4.90 Å². The summed E-state index contributed by atoms with van der Waals surface area (Å²) in [6.07, 6.45) is 1.38. The van der Waals surface area contributed by atoms with E-state index in [1.165, 1.54) is 0 Å². The molecule has 0 bridgehead atoms. The average Bonchev–Trinajstić information content (AvgIpc) is 3.13. The molecule has 2 atom stereocenters. The quantitative estimate of drug-likeness (QED) is 0.537. The molecule has 6 heteroatoms. The molecule has 0 aliphatic carbocycles. The van der Waals surface area contributed by atoms with Gasteiger partial charge in [0.25, 0.3) is 5.91 Å². The highest BCUT2D eigenvalue weighted by Gasteiger charge is 2.56. The van der Waals surface area contributed by atoms with Gasteiger partial charge in [0.15, 0.2) is 0 Å². The van der Waals surface area contributed by atoms with E-state index in [0.717, 1.165) is 0 Å². The highest BCUT2D eigenvalue weighted by Crippen LogP contribution is 2.38. The molecule has 0 aromatic carbocycles. The lowest BCUT2D eigenvalue weighted by Crippen LogP contribution is -2.51. The maximum Gasteiger partial charge on any atom is 0.325 e. The zero-order valence-corrected chi connectivity index (χ0v) is 9.77. The number of likely N-dealkylation sites (N-methyl/N-ethyl adjacent to an activating group) is 1. The van der Waals surface area contributed by atoms with Gasteiger partial charge in [0.2, 0.25) is 0 Å². The second kappa shape index (κ2) is 3.68. The van der Waals surface area contributed by atoms with Crippen molar-refractivity contribution >= 4 is 11.9 Å². The van der Waals surface area contributed by atoms with Crippen molar-refractivity contribution in [1.29, 1.82) is 0 Å². The van der Waals surface area contributed by atoms with Crippen LogP contribution in [0.15, 0.2) is 0 Å². The Morgan fingerprint density at radius 2 is 1.82 bits per heavy atom. The number of carbonyl (C=O) groups is 2. The molecule has 6 nitrogen and oxygen atoms in total. The van der Waals surface area contributed by atoms with Gasteiger partial charge in [-0.05, 0) is 6.92 Å². The number of nitrogens with one attached hydrogen (secondary N) is 1. The molecule has 3 amide bonds. The van der Waals surface area contributed by atoms with E-state index >= 15 is 0 Å². The smallest absolute Gasteiger partial charge is 0.325 e. The fourth-order valence-corrected chi connectivity index (χ4v) is 2.66. The summed E-state index contributed by atoms with van der Waals surface area (Å²) in [5.41, 5.74) is -0.756. The molecule has 3 aliphatic heterocycles. The standard InChI is InChI=1S/C11H16N2O4/c1-2-13-10(15)12-9(14)11(13,3-7-5-16-7)4-8-6-17-8/h7-8H,2-6H2,1H3,(H,12,14,15). The Labute approximate surface area is 99.2 Å². The minimum atomic E-state index is -0.756. The Morgan fingerprint density at radius 1 is 1.29 bits per heavy atom. The third kappa shape index (κ3) is 1.81. The number of rotatable bonds is 5. The second-order valence-electron chi connectivity index (χ2n) is 4.85. The van der Waals surface area contributed by atoms with Crippen molar-refractivity contribution in [3.63, 3.8) is 0 Å². The van der Waals surface area contributed by atoms with E-state index in [4.69, 9.17) is 9.47 Å². The Morgan fingerprint density at radius 3 is 2.24 bits per heavy atom. The lowest BCUT2D eigenvalue weighted by molar-refractivity contribution is -0.127.